The van der Waals surface area contributed by atoms with Crippen LogP contribution in [0.2, 0.25) is 0 Å². The average molecular weight is 396 g/mol. The van der Waals surface area contributed by atoms with Crippen molar-refractivity contribution >= 4 is 23.2 Å². The summed E-state index contributed by atoms with van der Waals surface area (Å²) in [4.78, 5) is 39.3. The second-order valence-corrected chi connectivity index (χ2v) is 6.92. The van der Waals surface area contributed by atoms with Gasteiger partial charge < -0.3 is 15.1 Å². The zero-order chi connectivity index (χ0) is 20.8. The first-order valence-electron chi connectivity index (χ1n) is 9.57. The van der Waals surface area contributed by atoms with Crippen LogP contribution in [-0.4, -0.2) is 54.4 Å². The van der Waals surface area contributed by atoms with Crippen LogP contribution in [0.4, 0.5) is 11.4 Å². The summed E-state index contributed by atoms with van der Waals surface area (Å²) >= 11 is 0. The van der Waals surface area contributed by atoms with Gasteiger partial charge in [-0.05, 0) is 25.1 Å². The molecule has 2 aromatic rings. The van der Waals surface area contributed by atoms with Crippen molar-refractivity contribution in [2.24, 2.45) is 0 Å². The Labute approximate surface area is 169 Å². The zero-order valence-corrected chi connectivity index (χ0v) is 16.3. The Balaban J connectivity index is 1.46. The fourth-order valence-corrected chi connectivity index (χ4v) is 3.46. The predicted molar refractivity (Wildman–Crippen MR) is 110 cm³/mol. The molecular weight excluding hydrogens is 372 g/mol. The standard InChI is InChI=1S/C21H24N4O4/c1-16-18(8-5-9-19(16)25(28)29)21(27)22-11-10-20(26)24-14-12-23(13-15-24)17-6-3-2-4-7-17/h2-9H,10-15H2,1H3,(H,22,27). The van der Waals surface area contributed by atoms with E-state index in [1.165, 1.54) is 12.1 Å². The van der Waals surface area contributed by atoms with Gasteiger partial charge in [-0.1, -0.05) is 24.3 Å². The molecule has 1 fully saturated rings. The zero-order valence-electron chi connectivity index (χ0n) is 16.3. The molecule has 2 aromatic carbocycles. The van der Waals surface area contributed by atoms with E-state index in [4.69, 9.17) is 0 Å². The molecule has 0 atom stereocenters. The largest absolute Gasteiger partial charge is 0.368 e. The van der Waals surface area contributed by atoms with Crippen LogP contribution in [0, 0.1) is 17.0 Å². The van der Waals surface area contributed by atoms with Gasteiger partial charge in [0.05, 0.1) is 4.92 Å². The van der Waals surface area contributed by atoms with E-state index in [0.717, 1.165) is 18.8 Å². The Bertz CT molecular complexity index is 893. The van der Waals surface area contributed by atoms with Gasteiger partial charge in [0, 0.05) is 62.0 Å². The molecule has 1 aliphatic heterocycles. The van der Waals surface area contributed by atoms with Crippen LogP contribution >= 0.6 is 0 Å². The molecule has 1 saturated heterocycles. The summed E-state index contributed by atoms with van der Waals surface area (Å²) in [5.74, 6) is -0.415. The maximum absolute atomic E-state index is 12.4. The molecule has 0 aromatic heterocycles. The Hall–Kier alpha value is -3.42. The summed E-state index contributed by atoms with van der Waals surface area (Å²) in [7, 11) is 0. The van der Waals surface area contributed by atoms with Gasteiger partial charge >= 0.3 is 0 Å². The number of piperazine rings is 1. The highest BCUT2D eigenvalue weighted by molar-refractivity contribution is 5.96. The lowest BCUT2D eigenvalue weighted by molar-refractivity contribution is -0.385. The van der Waals surface area contributed by atoms with Crippen LogP contribution in [-0.2, 0) is 4.79 Å². The number of nitro benzene ring substituents is 1. The van der Waals surface area contributed by atoms with Gasteiger partial charge in [-0.25, -0.2) is 0 Å². The lowest BCUT2D eigenvalue weighted by Gasteiger charge is -2.36. The van der Waals surface area contributed by atoms with Crippen molar-refractivity contribution in [3.63, 3.8) is 0 Å². The number of nitrogens with zero attached hydrogens (tertiary/aromatic N) is 3. The summed E-state index contributed by atoms with van der Waals surface area (Å²) in [6.45, 7) is 4.57. The van der Waals surface area contributed by atoms with Crippen molar-refractivity contribution in [1.29, 1.82) is 0 Å². The van der Waals surface area contributed by atoms with E-state index in [1.807, 2.05) is 23.1 Å². The highest BCUT2D eigenvalue weighted by Gasteiger charge is 2.22. The number of hydrogen-bond acceptors (Lipinski definition) is 5. The average Bonchev–Trinajstić information content (AvgIpc) is 2.74. The van der Waals surface area contributed by atoms with Crippen molar-refractivity contribution < 1.29 is 14.5 Å². The summed E-state index contributed by atoms with van der Waals surface area (Å²) in [5, 5.41) is 13.7. The van der Waals surface area contributed by atoms with E-state index >= 15 is 0 Å². The molecule has 1 aliphatic rings. The first kappa shape index (κ1) is 20.3. The normalized spacial score (nSPS) is 13.8. The lowest BCUT2D eigenvalue weighted by atomic mass is 10.1. The van der Waals surface area contributed by atoms with E-state index in [9.17, 15) is 19.7 Å². The maximum Gasteiger partial charge on any atom is 0.273 e. The van der Waals surface area contributed by atoms with E-state index in [2.05, 4.69) is 22.3 Å². The second kappa shape index (κ2) is 9.18. The maximum atomic E-state index is 12.4. The topological polar surface area (TPSA) is 95.8 Å². The minimum Gasteiger partial charge on any atom is -0.368 e. The number of hydrogen-bond donors (Lipinski definition) is 1. The number of nitro groups is 1. The Kier molecular flexibility index (Phi) is 6.43. The van der Waals surface area contributed by atoms with Crippen molar-refractivity contribution in [3.05, 3.63) is 69.8 Å². The number of rotatable bonds is 6. The molecule has 8 heteroatoms. The minimum atomic E-state index is -0.509. The van der Waals surface area contributed by atoms with Crippen molar-refractivity contribution in [2.75, 3.05) is 37.6 Å². The van der Waals surface area contributed by atoms with E-state index < -0.39 is 10.8 Å². The second-order valence-electron chi connectivity index (χ2n) is 6.92. The first-order chi connectivity index (χ1) is 14.0. The molecule has 8 nitrogen and oxygen atoms in total. The fraction of sp³-hybridized carbons (Fsp3) is 0.333. The van der Waals surface area contributed by atoms with Crippen LogP contribution in [0.25, 0.3) is 0 Å². The SMILES string of the molecule is Cc1c(C(=O)NCCC(=O)N2CCN(c3ccccc3)CC2)cccc1[N+](=O)[O-]. The predicted octanol–water partition coefficient (Wildman–Crippen LogP) is 2.37. The Morgan fingerprint density at radius 1 is 1.03 bits per heavy atom. The minimum absolute atomic E-state index is 0.00576. The van der Waals surface area contributed by atoms with Gasteiger partial charge in [0.15, 0.2) is 0 Å². The number of benzene rings is 2. The van der Waals surface area contributed by atoms with E-state index in [0.29, 0.717) is 18.7 Å². The molecule has 1 N–H and O–H groups in total. The van der Waals surface area contributed by atoms with Crippen molar-refractivity contribution in [1.82, 2.24) is 10.2 Å². The highest BCUT2D eigenvalue weighted by atomic mass is 16.6. The smallest absolute Gasteiger partial charge is 0.273 e. The molecule has 152 valence electrons. The van der Waals surface area contributed by atoms with Crippen molar-refractivity contribution in [2.45, 2.75) is 13.3 Å². The molecule has 0 bridgehead atoms. The summed E-state index contributed by atoms with van der Waals surface area (Å²) < 4.78 is 0. The van der Waals surface area contributed by atoms with E-state index in [-0.39, 0.29) is 30.1 Å². The molecule has 0 aliphatic carbocycles. The van der Waals surface area contributed by atoms with Gasteiger partial charge in [-0.15, -0.1) is 0 Å². The summed E-state index contributed by atoms with van der Waals surface area (Å²) in [6, 6.07) is 14.5. The van der Waals surface area contributed by atoms with Crippen LogP contribution < -0.4 is 10.2 Å². The van der Waals surface area contributed by atoms with Gasteiger partial charge in [0.2, 0.25) is 5.91 Å². The Morgan fingerprint density at radius 3 is 2.38 bits per heavy atom. The number of carbonyl (C=O) groups excluding carboxylic acids is 2. The number of nitrogens with one attached hydrogen (secondary N) is 1. The summed E-state index contributed by atoms with van der Waals surface area (Å²) in [6.07, 6.45) is 0.199. The molecule has 29 heavy (non-hydrogen) atoms. The van der Waals surface area contributed by atoms with Gasteiger partial charge in [-0.3, -0.25) is 19.7 Å². The third-order valence-corrected chi connectivity index (χ3v) is 5.12. The van der Waals surface area contributed by atoms with Gasteiger partial charge in [-0.2, -0.15) is 0 Å². The molecule has 2 amide bonds. The number of amides is 2. The van der Waals surface area contributed by atoms with Crippen LogP contribution in [0.15, 0.2) is 48.5 Å². The molecule has 0 saturated carbocycles. The quantitative estimate of drug-likeness (QED) is 0.597. The molecule has 0 radical (unpaired) electrons. The van der Waals surface area contributed by atoms with Crippen LogP contribution in [0.3, 0.4) is 0 Å². The molecule has 1 heterocycles. The third-order valence-electron chi connectivity index (χ3n) is 5.12. The van der Waals surface area contributed by atoms with Crippen LogP contribution in [0.1, 0.15) is 22.3 Å². The number of anilines is 1. The van der Waals surface area contributed by atoms with Gasteiger partial charge in [0.25, 0.3) is 11.6 Å². The lowest BCUT2D eigenvalue weighted by Crippen LogP contribution is -2.49. The summed E-state index contributed by atoms with van der Waals surface area (Å²) in [5.41, 5.74) is 1.63. The molecular formula is C21H24N4O4. The van der Waals surface area contributed by atoms with E-state index in [1.54, 1.807) is 13.0 Å². The highest BCUT2D eigenvalue weighted by Crippen LogP contribution is 2.21. The Morgan fingerprint density at radius 2 is 1.72 bits per heavy atom. The molecule has 3 rings (SSSR count). The number of para-hydroxylation sites is 1. The fourth-order valence-electron chi connectivity index (χ4n) is 3.46. The number of carbonyl (C=O) groups is 2. The van der Waals surface area contributed by atoms with Crippen molar-refractivity contribution in [3.8, 4) is 0 Å². The monoisotopic (exact) mass is 396 g/mol. The molecule has 0 unspecified atom stereocenters. The van der Waals surface area contributed by atoms with Gasteiger partial charge in [0.1, 0.15) is 0 Å². The van der Waals surface area contributed by atoms with Crippen LogP contribution in [0.5, 0.6) is 0 Å². The molecule has 0 spiro atoms. The third kappa shape index (κ3) is 4.90. The first-order valence-corrected chi connectivity index (χ1v) is 9.57.